The van der Waals surface area contributed by atoms with E-state index in [0.29, 0.717) is 5.88 Å². The molecule has 2 aromatic heterocycles. The minimum Gasteiger partial charge on any atom is -0.370 e. The maximum Gasteiger partial charge on any atom is 0.166 e. The molecule has 0 spiro atoms. The Morgan fingerprint density at radius 3 is 3.00 bits per heavy atom. The minimum absolute atomic E-state index is 0. The molecule has 0 amide bonds. The van der Waals surface area contributed by atoms with Crippen molar-refractivity contribution >= 4 is 29.7 Å². The molecular weight excluding hydrogens is 261 g/mol. The number of pyridine rings is 1. The fourth-order valence-electron chi connectivity index (χ4n) is 2.03. The van der Waals surface area contributed by atoms with Crippen molar-refractivity contribution in [1.82, 2.24) is 14.6 Å². The number of ether oxygens (including phenoxy) is 1. The smallest absolute Gasteiger partial charge is 0.166 e. The molecule has 0 aliphatic carbocycles. The molecule has 4 nitrogen and oxygen atoms in total. The number of nitrogens with zero attached hydrogens (tertiary/aromatic N) is 3. The Hall–Kier alpha value is -0.840. The summed E-state index contributed by atoms with van der Waals surface area (Å²) in [4.78, 5) is 0. The fraction of sp³-hybridized carbons (Fsp3) is 0.455. The molecule has 92 valence electrons. The van der Waals surface area contributed by atoms with Gasteiger partial charge in [-0.15, -0.1) is 34.2 Å². The predicted molar refractivity (Wildman–Crippen MR) is 67.7 cm³/mol. The van der Waals surface area contributed by atoms with Crippen LogP contribution in [0, 0.1) is 0 Å². The quantitative estimate of drug-likeness (QED) is 0.790. The van der Waals surface area contributed by atoms with Gasteiger partial charge in [0.05, 0.1) is 0 Å². The normalized spacial score (nSPS) is 19.5. The Labute approximate surface area is 110 Å². The van der Waals surface area contributed by atoms with E-state index >= 15 is 0 Å². The van der Waals surface area contributed by atoms with E-state index in [9.17, 15) is 0 Å². The van der Waals surface area contributed by atoms with Crippen LogP contribution < -0.4 is 0 Å². The summed E-state index contributed by atoms with van der Waals surface area (Å²) in [5, 5.41) is 8.33. The first-order chi connectivity index (χ1) is 7.88. The van der Waals surface area contributed by atoms with Crippen molar-refractivity contribution in [2.45, 2.75) is 24.8 Å². The van der Waals surface area contributed by atoms with E-state index in [1.807, 2.05) is 22.7 Å². The zero-order valence-electron chi connectivity index (χ0n) is 9.17. The lowest BCUT2D eigenvalue weighted by Crippen LogP contribution is -2.02. The second-order valence-electron chi connectivity index (χ2n) is 3.96. The molecule has 1 aliphatic rings. The van der Waals surface area contributed by atoms with Gasteiger partial charge in [-0.05, 0) is 24.5 Å². The van der Waals surface area contributed by atoms with Crippen LogP contribution in [0.5, 0.6) is 0 Å². The topological polar surface area (TPSA) is 39.4 Å². The van der Waals surface area contributed by atoms with Gasteiger partial charge in [0.1, 0.15) is 6.10 Å². The number of rotatable bonds is 2. The molecule has 0 radical (unpaired) electrons. The molecule has 2 aromatic rings. The lowest BCUT2D eigenvalue weighted by Gasteiger charge is -2.07. The van der Waals surface area contributed by atoms with Gasteiger partial charge in [0.2, 0.25) is 0 Å². The van der Waals surface area contributed by atoms with Crippen LogP contribution in [0.3, 0.4) is 0 Å². The predicted octanol–water partition coefficient (Wildman–Crippen LogP) is 2.74. The highest BCUT2D eigenvalue weighted by atomic mass is 35.5. The zero-order chi connectivity index (χ0) is 11.0. The summed E-state index contributed by atoms with van der Waals surface area (Å²) < 4.78 is 7.60. The van der Waals surface area contributed by atoms with Crippen molar-refractivity contribution in [3.05, 3.63) is 29.7 Å². The Kier molecular flexibility index (Phi) is 3.86. The Balaban J connectivity index is 0.00000108. The average molecular weight is 274 g/mol. The zero-order valence-corrected chi connectivity index (χ0v) is 10.7. The standard InChI is InChI=1S/C11H12ClN3O.ClH/c12-6-8-3-4-10-13-14-11(15(10)7-8)9-2-1-5-16-9;/h3-4,7,9H,1-2,5-6H2;1H. The molecule has 1 fully saturated rings. The number of alkyl halides is 1. The van der Waals surface area contributed by atoms with Crippen molar-refractivity contribution in [2.24, 2.45) is 0 Å². The van der Waals surface area contributed by atoms with E-state index in [1.165, 1.54) is 0 Å². The molecule has 1 atom stereocenters. The van der Waals surface area contributed by atoms with Crippen molar-refractivity contribution in [2.75, 3.05) is 6.61 Å². The highest BCUT2D eigenvalue weighted by Gasteiger charge is 2.22. The number of hydrogen-bond donors (Lipinski definition) is 0. The number of fused-ring (bicyclic) bond motifs is 1. The van der Waals surface area contributed by atoms with Crippen LogP contribution in [0.2, 0.25) is 0 Å². The largest absolute Gasteiger partial charge is 0.370 e. The monoisotopic (exact) mass is 273 g/mol. The Morgan fingerprint density at radius 1 is 1.41 bits per heavy atom. The summed E-state index contributed by atoms with van der Waals surface area (Å²) >= 11 is 5.82. The second kappa shape index (κ2) is 5.21. The summed E-state index contributed by atoms with van der Waals surface area (Å²) in [7, 11) is 0. The molecule has 0 bridgehead atoms. The van der Waals surface area contributed by atoms with Crippen molar-refractivity contribution < 1.29 is 4.74 Å². The summed E-state index contributed by atoms with van der Waals surface area (Å²) in [6, 6.07) is 3.90. The van der Waals surface area contributed by atoms with Crippen LogP contribution >= 0.6 is 24.0 Å². The van der Waals surface area contributed by atoms with Gasteiger partial charge in [-0.25, -0.2) is 0 Å². The molecule has 1 aliphatic heterocycles. The van der Waals surface area contributed by atoms with Crippen LogP contribution in [0.1, 0.15) is 30.3 Å². The summed E-state index contributed by atoms with van der Waals surface area (Å²) in [6.45, 7) is 0.814. The van der Waals surface area contributed by atoms with Gasteiger partial charge in [0.15, 0.2) is 11.5 Å². The first-order valence-electron chi connectivity index (χ1n) is 5.39. The van der Waals surface area contributed by atoms with Crippen molar-refractivity contribution in [1.29, 1.82) is 0 Å². The van der Waals surface area contributed by atoms with Gasteiger partial charge < -0.3 is 4.74 Å². The van der Waals surface area contributed by atoms with Crippen molar-refractivity contribution in [3.8, 4) is 0 Å². The van der Waals surface area contributed by atoms with E-state index in [-0.39, 0.29) is 18.5 Å². The highest BCUT2D eigenvalue weighted by Crippen LogP contribution is 2.27. The van der Waals surface area contributed by atoms with Gasteiger partial charge in [-0.3, -0.25) is 4.40 Å². The summed E-state index contributed by atoms with van der Waals surface area (Å²) in [5.74, 6) is 1.39. The van der Waals surface area contributed by atoms with E-state index in [0.717, 1.165) is 36.5 Å². The van der Waals surface area contributed by atoms with Crippen LogP contribution in [0.15, 0.2) is 18.3 Å². The lowest BCUT2D eigenvalue weighted by atomic mass is 10.2. The lowest BCUT2D eigenvalue weighted by molar-refractivity contribution is 0.104. The van der Waals surface area contributed by atoms with E-state index in [1.54, 1.807) is 0 Å². The molecule has 3 rings (SSSR count). The molecule has 3 heterocycles. The van der Waals surface area contributed by atoms with Gasteiger partial charge in [0.25, 0.3) is 0 Å². The molecule has 6 heteroatoms. The molecule has 1 unspecified atom stereocenters. The summed E-state index contributed by atoms with van der Waals surface area (Å²) in [5.41, 5.74) is 1.91. The number of hydrogen-bond acceptors (Lipinski definition) is 3. The van der Waals surface area contributed by atoms with Crippen LogP contribution in [0.4, 0.5) is 0 Å². The fourth-order valence-corrected chi connectivity index (χ4v) is 2.19. The third-order valence-corrected chi connectivity index (χ3v) is 3.17. The molecule has 0 N–H and O–H groups in total. The van der Waals surface area contributed by atoms with Gasteiger partial charge in [-0.2, -0.15) is 0 Å². The maximum absolute atomic E-state index is 5.82. The Bertz CT molecular complexity index is 508. The third-order valence-electron chi connectivity index (χ3n) is 2.86. The van der Waals surface area contributed by atoms with E-state index in [2.05, 4.69) is 10.2 Å². The van der Waals surface area contributed by atoms with E-state index < -0.39 is 0 Å². The van der Waals surface area contributed by atoms with Crippen LogP contribution in [-0.2, 0) is 10.6 Å². The molecule has 0 aromatic carbocycles. The number of aromatic nitrogens is 3. The van der Waals surface area contributed by atoms with Gasteiger partial charge >= 0.3 is 0 Å². The number of halogens is 2. The minimum atomic E-state index is 0. The third kappa shape index (κ3) is 2.25. The van der Waals surface area contributed by atoms with Crippen molar-refractivity contribution in [3.63, 3.8) is 0 Å². The molecule has 1 saturated heterocycles. The molecule has 17 heavy (non-hydrogen) atoms. The SMILES string of the molecule is Cl.ClCc1ccc2nnc(C3CCCO3)n2c1. The van der Waals surface area contributed by atoms with Gasteiger partial charge in [-0.1, -0.05) is 6.07 Å². The van der Waals surface area contributed by atoms with Crippen LogP contribution in [-0.4, -0.2) is 21.2 Å². The molecule has 0 saturated carbocycles. The van der Waals surface area contributed by atoms with Gasteiger partial charge in [0, 0.05) is 18.7 Å². The molecular formula is C11H13Cl2N3O. The second-order valence-corrected chi connectivity index (χ2v) is 4.23. The van der Waals surface area contributed by atoms with Crippen LogP contribution in [0.25, 0.3) is 5.65 Å². The average Bonchev–Trinajstić information content (AvgIpc) is 2.96. The highest BCUT2D eigenvalue weighted by molar-refractivity contribution is 6.17. The Morgan fingerprint density at radius 2 is 2.29 bits per heavy atom. The summed E-state index contributed by atoms with van der Waals surface area (Å²) in [6.07, 6.45) is 4.18. The maximum atomic E-state index is 5.82. The first-order valence-corrected chi connectivity index (χ1v) is 5.93. The first kappa shape index (κ1) is 12.6. The van der Waals surface area contributed by atoms with E-state index in [4.69, 9.17) is 16.3 Å².